The van der Waals surface area contributed by atoms with Crippen LogP contribution in [-0.4, -0.2) is 56.9 Å². The number of hydrogen-bond acceptors (Lipinski definition) is 7. The van der Waals surface area contributed by atoms with Crippen molar-refractivity contribution in [3.63, 3.8) is 0 Å². The van der Waals surface area contributed by atoms with E-state index in [4.69, 9.17) is 5.73 Å². The average Bonchev–Trinajstić information content (AvgIpc) is 3.70. The fraction of sp³-hybridized carbons (Fsp3) is 0.333. The van der Waals surface area contributed by atoms with Crippen LogP contribution in [0.5, 0.6) is 0 Å². The highest BCUT2D eigenvalue weighted by atomic mass is 16.2. The van der Waals surface area contributed by atoms with Crippen molar-refractivity contribution in [2.45, 2.75) is 37.6 Å². The Balaban J connectivity index is 1.65. The third-order valence-corrected chi connectivity index (χ3v) is 6.01. The molecule has 1 aliphatic carbocycles. The topological polar surface area (TPSA) is 134 Å². The summed E-state index contributed by atoms with van der Waals surface area (Å²) >= 11 is 0. The summed E-state index contributed by atoms with van der Waals surface area (Å²) in [6, 6.07) is 7.45. The first-order valence-corrected chi connectivity index (χ1v) is 11.2. The molecule has 0 bridgehead atoms. The van der Waals surface area contributed by atoms with Crippen molar-refractivity contribution in [1.82, 2.24) is 20.1 Å². The highest BCUT2D eigenvalue weighted by molar-refractivity contribution is 6.01. The summed E-state index contributed by atoms with van der Waals surface area (Å²) in [7, 11) is 0. The lowest BCUT2D eigenvalue weighted by Gasteiger charge is -2.37. The number of carbonyl (C=O) groups excluding carboxylic acids is 3. The molecule has 2 heterocycles. The molecular weight excluding hydrogens is 434 g/mol. The van der Waals surface area contributed by atoms with Crippen molar-refractivity contribution in [2.24, 2.45) is 5.73 Å². The fourth-order valence-electron chi connectivity index (χ4n) is 4.10. The summed E-state index contributed by atoms with van der Waals surface area (Å²) < 4.78 is 0. The van der Waals surface area contributed by atoms with Crippen LogP contribution in [0.4, 0.5) is 17.5 Å². The molecule has 1 aromatic heterocycles. The number of primary amides is 1. The third kappa shape index (κ3) is 4.95. The van der Waals surface area contributed by atoms with E-state index in [0.29, 0.717) is 31.0 Å². The van der Waals surface area contributed by atoms with Gasteiger partial charge in [0.1, 0.15) is 0 Å². The second-order valence-electron chi connectivity index (χ2n) is 8.39. The van der Waals surface area contributed by atoms with Crippen LogP contribution in [0.3, 0.4) is 0 Å². The van der Waals surface area contributed by atoms with Gasteiger partial charge in [-0.1, -0.05) is 25.3 Å². The summed E-state index contributed by atoms with van der Waals surface area (Å²) in [5, 5.41) is 11.0. The maximum absolute atomic E-state index is 12.8. The SMILES string of the molecule is C=CC(=O)N1CCCC(N(C(=O)C=C)c2nnc(C(N)=O)c(Nc3ccc(C4CC4)cc3)n2)C1. The van der Waals surface area contributed by atoms with Crippen molar-refractivity contribution >= 4 is 35.2 Å². The molecule has 10 nitrogen and oxygen atoms in total. The molecule has 0 spiro atoms. The largest absolute Gasteiger partial charge is 0.364 e. The number of carbonyl (C=O) groups is 3. The molecule has 1 saturated carbocycles. The maximum atomic E-state index is 12.8. The lowest BCUT2D eigenvalue weighted by molar-refractivity contribution is -0.127. The van der Waals surface area contributed by atoms with Crippen LogP contribution in [0, 0.1) is 0 Å². The van der Waals surface area contributed by atoms with Crippen molar-refractivity contribution in [3.05, 3.63) is 60.8 Å². The van der Waals surface area contributed by atoms with Crippen LogP contribution in [0.1, 0.15) is 47.7 Å². The van der Waals surface area contributed by atoms with E-state index in [0.717, 1.165) is 6.08 Å². The molecule has 10 heteroatoms. The Labute approximate surface area is 197 Å². The van der Waals surface area contributed by atoms with Gasteiger partial charge < -0.3 is 16.0 Å². The summed E-state index contributed by atoms with van der Waals surface area (Å²) in [6.07, 6.45) is 6.12. The standard InChI is InChI=1S/C24H27N7O3/c1-3-19(32)30-13-5-6-18(14-30)31(20(33)4-2)24-27-23(21(22(25)34)28-29-24)26-17-11-9-16(10-12-17)15-7-8-15/h3-4,9-12,15,18H,1-2,5-8,13-14H2,(H2,25,34)(H,26,27,29). The van der Waals surface area contributed by atoms with Crippen LogP contribution in [0.15, 0.2) is 49.6 Å². The van der Waals surface area contributed by atoms with Gasteiger partial charge in [-0.05, 0) is 61.4 Å². The van der Waals surface area contributed by atoms with Crippen molar-refractivity contribution < 1.29 is 14.4 Å². The molecule has 1 aliphatic heterocycles. The number of likely N-dealkylation sites (tertiary alicyclic amines) is 1. The van der Waals surface area contributed by atoms with E-state index in [1.54, 1.807) is 4.90 Å². The van der Waals surface area contributed by atoms with E-state index < -0.39 is 17.9 Å². The fourth-order valence-corrected chi connectivity index (χ4v) is 4.10. The Bertz CT molecular complexity index is 1130. The highest BCUT2D eigenvalue weighted by Gasteiger charge is 2.33. The third-order valence-electron chi connectivity index (χ3n) is 6.01. The van der Waals surface area contributed by atoms with Crippen LogP contribution in [-0.2, 0) is 9.59 Å². The first-order valence-electron chi connectivity index (χ1n) is 11.2. The van der Waals surface area contributed by atoms with Crippen molar-refractivity contribution in [2.75, 3.05) is 23.3 Å². The van der Waals surface area contributed by atoms with Gasteiger partial charge in [0.05, 0.1) is 6.04 Å². The number of piperidine rings is 1. The average molecular weight is 462 g/mol. The van der Waals surface area contributed by atoms with Gasteiger partial charge in [-0.2, -0.15) is 4.98 Å². The minimum absolute atomic E-state index is 0.00935. The lowest BCUT2D eigenvalue weighted by Crippen LogP contribution is -2.52. The van der Waals surface area contributed by atoms with E-state index in [2.05, 4.69) is 33.7 Å². The summed E-state index contributed by atoms with van der Waals surface area (Å²) in [5.74, 6) is -0.755. The zero-order valence-electron chi connectivity index (χ0n) is 18.8. The van der Waals surface area contributed by atoms with Gasteiger partial charge in [0, 0.05) is 18.8 Å². The second-order valence-corrected chi connectivity index (χ2v) is 8.39. The molecule has 3 N–H and O–H groups in total. The zero-order chi connectivity index (χ0) is 24.2. The van der Waals surface area contributed by atoms with Gasteiger partial charge in [0.15, 0.2) is 11.5 Å². The molecule has 3 amide bonds. The highest BCUT2D eigenvalue weighted by Crippen LogP contribution is 2.40. The van der Waals surface area contributed by atoms with Crippen LogP contribution < -0.4 is 16.0 Å². The number of amides is 3. The Morgan fingerprint density at radius 1 is 1.09 bits per heavy atom. The smallest absolute Gasteiger partial charge is 0.273 e. The molecule has 1 atom stereocenters. The normalized spacial score (nSPS) is 17.5. The number of aromatic nitrogens is 3. The first kappa shape index (κ1) is 23.1. The maximum Gasteiger partial charge on any atom is 0.273 e. The van der Waals surface area contributed by atoms with Crippen LogP contribution >= 0.6 is 0 Å². The minimum atomic E-state index is -0.800. The van der Waals surface area contributed by atoms with E-state index in [1.165, 1.54) is 29.4 Å². The molecule has 4 rings (SSSR count). The second kappa shape index (κ2) is 9.82. The molecule has 176 valence electrons. The number of nitrogens with zero attached hydrogens (tertiary/aromatic N) is 5. The predicted molar refractivity (Wildman–Crippen MR) is 128 cm³/mol. The number of rotatable bonds is 8. The monoisotopic (exact) mass is 461 g/mol. The Hall–Kier alpha value is -4.08. The van der Waals surface area contributed by atoms with Crippen molar-refractivity contribution in [1.29, 1.82) is 0 Å². The molecule has 1 unspecified atom stereocenters. The quantitative estimate of drug-likeness (QED) is 0.576. The van der Waals surface area contributed by atoms with E-state index in [1.807, 2.05) is 24.3 Å². The Kier molecular flexibility index (Phi) is 6.67. The molecule has 1 aromatic carbocycles. The van der Waals surface area contributed by atoms with Crippen molar-refractivity contribution in [3.8, 4) is 0 Å². The number of hydrogen-bond donors (Lipinski definition) is 2. The van der Waals surface area contributed by atoms with E-state index >= 15 is 0 Å². The van der Waals surface area contributed by atoms with E-state index in [-0.39, 0.29) is 29.9 Å². The number of nitrogens with two attached hydrogens (primary N) is 1. The van der Waals surface area contributed by atoms with Gasteiger partial charge in [-0.25, -0.2) is 0 Å². The van der Waals surface area contributed by atoms with E-state index in [9.17, 15) is 14.4 Å². The molecule has 0 radical (unpaired) electrons. The summed E-state index contributed by atoms with van der Waals surface area (Å²) in [6.45, 7) is 7.98. The van der Waals surface area contributed by atoms with Gasteiger partial charge in [-0.3, -0.25) is 19.3 Å². The van der Waals surface area contributed by atoms with Gasteiger partial charge >= 0.3 is 0 Å². The number of anilines is 3. The molecule has 2 aromatic rings. The molecular formula is C24H27N7O3. The summed E-state index contributed by atoms with van der Waals surface area (Å²) in [4.78, 5) is 44.4. The van der Waals surface area contributed by atoms with Gasteiger partial charge in [0.25, 0.3) is 17.8 Å². The number of nitrogens with one attached hydrogen (secondary N) is 1. The molecule has 2 aliphatic rings. The minimum Gasteiger partial charge on any atom is -0.364 e. The Morgan fingerprint density at radius 3 is 2.44 bits per heavy atom. The first-order chi connectivity index (χ1) is 16.4. The summed E-state index contributed by atoms with van der Waals surface area (Å²) in [5.41, 5.74) is 7.30. The van der Waals surface area contributed by atoms with Crippen LogP contribution in [0.25, 0.3) is 0 Å². The molecule has 2 fully saturated rings. The predicted octanol–water partition coefficient (Wildman–Crippen LogP) is 2.29. The van der Waals surface area contributed by atoms with Gasteiger partial charge in [-0.15, -0.1) is 10.2 Å². The number of benzene rings is 1. The van der Waals surface area contributed by atoms with Crippen LogP contribution in [0.2, 0.25) is 0 Å². The van der Waals surface area contributed by atoms with Gasteiger partial charge in [0.2, 0.25) is 5.91 Å². The molecule has 1 saturated heterocycles. The Morgan fingerprint density at radius 2 is 1.82 bits per heavy atom. The molecule has 34 heavy (non-hydrogen) atoms. The zero-order valence-corrected chi connectivity index (χ0v) is 18.8. The lowest BCUT2D eigenvalue weighted by atomic mass is 10.0.